The van der Waals surface area contributed by atoms with Gasteiger partial charge in [-0.3, -0.25) is 4.79 Å². The van der Waals surface area contributed by atoms with Gasteiger partial charge in [0.1, 0.15) is 0 Å². The summed E-state index contributed by atoms with van der Waals surface area (Å²) in [6, 6.07) is 0. The summed E-state index contributed by atoms with van der Waals surface area (Å²) in [6.07, 6.45) is 5.69. The van der Waals surface area contributed by atoms with E-state index in [2.05, 4.69) is 6.58 Å². The van der Waals surface area contributed by atoms with Crippen LogP contribution < -0.4 is 0 Å². The second kappa shape index (κ2) is 5.80. The van der Waals surface area contributed by atoms with Crippen LogP contribution in [0.2, 0.25) is 0 Å². The summed E-state index contributed by atoms with van der Waals surface area (Å²) in [6.45, 7) is 5.82. The van der Waals surface area contributed by atoms with Crippen molar-refractivity contribution in [3.8, 4) is 0 Å². The molecule has 0 bridgehead atoms. The zero-order valence-corrected chi connectivity index (χ0v) is 10.5. The van der Waals surface area contributed by atoms with Crippen molar-refractivity contribution < 1.29 is 19.0 Å². The van der Waals surface area contributed by atoms with Gasteiger partial charge in [0.25, 0.3) is 11.6 Å². The van der Waals surface area contributed by atoms with Crippen LogP contribution in [0.3, 0.4) is 0 Å². The predicted molar refractivity (Wildman–Crippen MR) is 64.4 cm³/mol. The van der Waals surface area contributed by atoms with Crippen LogP contribution in [0.5, 0.6) is 0 Å². The van der Waals surface area contributed by atoms with E-state index >= 15 is 0 Å². The molecule has 1 atom stereocenters. The standard InChI is InChI=1S/C13H18O4/c1-5-6-7-17-13(16-4)9-10(2)8-11(15-3)12(13)14/h5,8-9H,1,6-7H2,2-4H3. The number of methoxy groups -OCH3 is 2. The smallest absolute Gasteiger partial charge is 0.260 e. The van der Waals surface area contributed by atoms with Gasteiger partial charge in [0.05, 0.1) is 13.7 Å². The monoisotopic (exact) mass is 238 g/mol. The third-order valence-corrected chi connectivity index (χ3v) is 2.48. The van der Waals surface area contributed by atoms with Crippen molar-refractivity contribution in [1.82, 2.24) is 0 Å². The van der Waals surface area contributed by atoms with Gasteiger partial charge in [-0.2, -0.15) is 0 Å². The summed E-state index contributed by atoms with van der Waals surface area (Å²) in [5.41, 5.74) is 0.863. The van der Waals surface area contributed by atoms with Crippen LogP contribution in [-0.2, 0) is 19.0 Å². The van der Waals surface area contributed by atoms with Crippen LogP contribution in [0, 0.1) is 0 Å². The lowest BCUT2D eigenvalue weighted by molar-refractivity contribution is -0.195. The van der Waals surface area contributed by atoms with Crippen LogP contribution in [-0.4, -0.2) is 32.4 Å². The molecule has 4 heteroatoms. The van der Waals surface area contributed by atoms with Gasteiger partial charge < -0.3 is 14.2 Å². The number of hydrogen-bond acceptors (Lipinski definition) is 4. The highest BCUT2D eigenvalue weighted by atomic mass is 16.7. The summed E-state index contributed by atoms with van der Waals surface area (Å²) < 4.78 is 15.8. The number of hydrogen-bond donors (Lipinski definition) is 0. The van der Waals surface area contributed by atoms with E-state index in [4.69, 9.17) is 14.2 Å². The van der Waals surface area contributed by atoms with Gasteiger partial charge >= 0.3 is 0 Å². The molecule has 0 aliphatic heterocycles. The first-order chi connectivity index (χ1) is 8.09. The molecule has 17 heavy (non-hydrogen) atoms. The summed E-state index contributed by atoms with van der Waals surface area (Å²) in [4.78, 5) is 12.1. The Balaban J connectivity index is 2.94. The number of rotatable bonds is 6. The lowest BCUT2D eigenvalue weighted by Crippen LogP contribution is -2.45. The van der Waals surface area contributed by atoms with Crippen molar-refractivity contribution in [2.24, 2.45) is 0 Å². The van der Waals surface area contributed by atoms with Crippen molar-refractivity contribution >= 4 is 5.78 Å². The van der Waals surface area contributed by atoms with Gasteiger partial charge in [-0.05, 0) is 31.1 Å². The number of carbonyl (C=O) groups excluding carboxylic acids is 1. The molecule has 0 saturated heterocycles. The second-order valence-corrected chi connectivity index (χ2v) is 3.73. The maximum Gasteiger partial charge on any atom is 0.260 e. The molecular weight excluding hydrogens is 220 g/mol. The first-order valence-corrected chi connectivity index (χ1v) is 5.39. The first-order valence-electron chi connectivity index (χ1n) is 5.39. The average Bonchev–Trinajstić information content (AvgIpc) is 2.33. The minimum atomic E-state index is -1.37. The van der Waals surface area contributed by atoms with Gasteiger partial charge in [-0.25, -0.2) is 0 Å². The molecule has 0 saturated carbocycles. The normalized spacial score (nSPS) is 24.1. The van der Waals surface area contributed by atoms with E-state index in [1.165, 1.54) is 14.2 Å². The molecular formula is C13H18O4. The minimum Gasteiger partial charge on any atom is -0.493 e. The summed E-state index contributed by atoms with van der Waals surface area (Å²) in [5, 5.41) is 0. The summed E-state index contributed by atoms with van der Waals surface area (Å²) in [5.74, 6) is -1.45. The zero-order chi connectivity index (χ0) is 12.9. The lowest BCUT2D eigenvalue weighted by atomic mass is 9.99. The molecule has 0 N–H and O–H groups in total. The molecule has 0 fully saturated rings. The predicted octanol–water partition coefficient (Wildman–Crippen LogP) is 1.98. The van der Waals surface area contributed by atoms with Crippen molar-refractivity contribution in [3.63, 3.8) is 0 Å². The number of carbonyl (C=O) groups is 1. The van der Waals surface area contributed by atoms with E-state index in [1.54, 1.807) is 18.2 Å². The molecule has 0 spiro atoms. The minimum absolute atomic E-state index is 0.241. The van der Waals surface area contributed by atoms with Gasteiger partial charge in [0.2, 0.25) is 0 Å². The highest BCUT2D eigenvalue weighted by Crippen LogP contribution is 2.28. The molecule has 94 valence electrons. The Labute approximate surface area is 102 Å². The van der Waals surface area contributed by atoms with E-state index in [-0.39, 0.29) is 11.5 Å². The van der Waals surface area contributed by atoms with E-state index in [0.29, 0.717) is 13.0 Å². The number of ketones is 1. The van der Waals surface area contributed by atoms with Crippen molar-refractivity contribution in [2.75, 3.05) is 20.8 Å². The van der Waals surface area contributed by atoms with Gasteiger partial charge in [0, 0.05) is 7.11 Å². The maximum absolute atomic E-state index is 12.1. The van der Waals surface area contributed by atoms with Crippen LogP contribution >= 0.6 is 0 Å². The third-order valence-electron chi connectivity index (χ3n) is 2.48. The molecule has 0 aromatic rings. The van der Waals surface area contributed by atoms with Crippen molar-refractivity contribution in [2.45, 2.75) is 19.1 Å². The largest absolute Gasteiger partial charge is 0.493 e. The van der Waals surface area contributed by atoms with Gasteiger partial charge in [-0.15, -0.1) is 6.58 Å². The summed E-state index contributed by atoms with van der Waals surface area (Å²) in [7, 11) is 2.89. The highest BCUT2D eigenvalue weighted by Gasteiger charge is 2.42. The molecule has 1 rings (SSSR count). The Morgan fingerprint density at radius 1 is 1.47 bits per heavy atom. The molecule has 0 aromatic carbocycles. The molecule has 1 aliphatic rings. The topological polar surface area (TPSA) is 44.8 Å². The lowest BCUT2D eigenvalue weighted by Gasteiger charge is -2.31. The Kier molecular flexibility index (Phi) is 4.66. The molecule has 0 heterocycles. The Morgan fingerprint density at radius 2 is 2.18 bits per heavy atom. The van der Waals surface area contributed by atoms with E-state index < -0.39 is 5.79 Å². The van der Waals surface area contributed by atoms with E-state index in [0.717, 1.165) is 5.57 Å². The number of allylic oxidation sites excluding steroid dienone is 2. The Morgan fingerprint density at radius 3 is 2.71 bits per heavy atom. The fraction of sp³-hybridized carbons (Fsp3) is 0.462. The highest BCUT2D eigenvalue weighted by molar-refractivity contribution is 6.02. The number of ether oxygens (including phenoxy) is 3. The van der Waals surface area contributed by atoms with E-state index in [1.807, 2.05) is 6.92 Å². The fourth-order valence-corrected chi connectivity index (χ4v) is 1.61. The Hall–Kier alpha value is -1.39. The first kappa shape index (κ1) is 13.7. The molecule has 1 unspecified atom stereocenters. The van der Waals surface area contributed by atoms with Crippen LogP contribution in [0.25, 0.3) is 0 Å². The quantitative estimate of drug-likeness (QED) is 0.403. The molecule has 4 nitrogen and oxygen atoms in total. The van der Waals surface area contributed by atoms with Crippen molar-refractivity contribution in [1.29, 1.82) is 0 Å². The third kappa shape index (κ3) is 2.84. The average molecular weight is 238 g/mol. The molecule has 1 aliphatic carbocycles. The summed E-state index contributed by atoms with van der Waals surface area (Å²) >= 11 is 0. The van der Waals surface area contributed by atoms with Gasteiger partial charge in [-0.1, -0.05) is 6.08 Å². The van der Waals surface area contributed by atoms with Crippen LogP contribution in [0.4, 0.5) is 0 Å². The second-order valence-electron chi connectivity index (χ2n) is 3.73. The van der Waals surface area contributed by atoms with E-state index in [9.17, 15) is 4.79 Å². The molecule has 0 radical (unpaired) electrons. The maximum atomic E-state index is 12.1. The fourth-order valence-electron chi connectivity index (χ4n) is 1.61. The number of Topliss-reactive ketones (excluding diaryl/α,β-unsaturated/α-hetero) is 1. The molecule has 0 aromatic heterocycles. The zero-order valence-electron chi connectivity index (χ0n) is 10.5. The van der Waals surface area contributed by atoms with Crippen LogP contribution in [0.15, 0.2) is 36.1 Å². The molecule has 0 amide bonds. The van der Waals surface area contributed by atoms with Gasteiger partial charge in [0.15, 0.2) is 5.76 Å². The van der Waals surface area contributed by atoms with Crippen LogP contribution in [0.1, 0.15) is 13.3 Å². The Bertz CT molecular complexity index is 368. The SMILES string of the molecule is C=CCCOC1(OC)C=C(C)C=C(OC)C1=O. The van der Waals surface area contributed by atoms with Crippen molar-refractivity contribution in [3.05, 3.63) is 36.1 Å².